The maximum Gasteiger partial charge on any atom is 0.233 e. The number of phenols is 2. The molecule has 0 saturated heterocycles. The maximum absolute atomic E-state index is 11.1. The summed E-state index contributed by atoms with van der Waals surface area (Å²) >= 11 is 0. The monoisotopic (exact) mass is 224 g/mol. The number of aromatic hydroxyl groups is 2. The molecule has 88 valence electrons. The molecule has 0 aromatic heterocycles. The van der Waals surface area contributed by atoms with E-state index in [-0.39, 0.29) is 24.0 Å². The summed E-state index contributed by atoms with van der Waals surface area (Å²) in [5, 5.41) is 23.9. The van der Waals surface area contributed by atoms with Gasteiger partial charge in [0.2, 0.25) is 5.91 Å². The predicted octanol–water partition coefficient (Wildman–Crippen LogP) is 0.323. The van der Waals surface area contributed by atoms with Crippen LogP contribution in [-0.4, -0.2) is 29.2 Å². The van der Waals surface area contributed by atoms with Gasteiger partial charge in [0.05, 0.1) is 6.54 Å². The van der Waals surface area contributed by atoms with Crippen LogP contribution in [0.5, 0.6) is 11.5 Å². The Hall–Kier alpha value is -1.75. The van der Waals surface area contributed by atoms with Gasteiger partial charge in [-0.3, -0.25) is 4.79 Å². The van der Waals surface area contributed by atoms with Gasteiger partial charge in [-0.25, -0.2) is 0 Å². The molecule has 5 nitrogen and oxygen atoms in total. The zero-order valence-electron chi connectivity index (χ0n) is 9.16. The summed E-state index contributed by atoms with van der Waals surface area (Å²) in [5.74, 6) is -0.365. The highest BCUT2D eigenvalue weighted by atomic mass is 16.3. The Morgan fingerprint density at radius 1 is 1.31 bits per heavy atom. The lowest BCUT2D eigenvalue weighted by Crippen LogP contribution is -2.33. The molecule has 1 aromatic carbocycles. The number of phenolic OH excluding ortho intramolecular Hbond substituents is 2. The van der Waals surface area contributed by atoms with Crippen LogP contribution < -0.4 is 10.6 Å². The van der Waals surface area contributed by atoms with Crippen molar-refractivity contribution in [1.82, 2.24) is 10.6 Å². The maximum atomic E-state index is 11.1. The Bertz CT molecular complexity index is 366. The van der Waals surface area contributed by atoms with Crippen LogP contribution in [0.2, 0.25) is 0 Å². The Morgan fingerprint density at radius 2 is 2.06 bits per heavy atom. The third kappa shape index (κ3) is 3.78. The minimum atomic E-state index is -0.155. The van der Waals surface area contributed by atoms with Crippen molar-refractivity contribution in [2.45, 2.75) is 13.5 Å². The largest absolute Gasteiger partial charge is 0.504 e. The first-order chi connectivity index (χ1) is 7.63. The lowest BCUT2D eigenvalue weighted by Gasteiger charge is -2.06. The number of hydrogen-bond donors (Lipinski definition) is 4. The quantitative estimate of drug-likeness (QED) is 0.543. The SMILES string of the molecule is CCNC(=O)CNCc1ccc(O)c(O)c1. The Balaban J connectivity index is 2.37. The molecule has 1 rings (SSSR count). The minimum absolute atomic E-state index is 0.0644. The van der Waals surface area contributed by atoms with Gasteiger partial charge in [0.25, 0.3) is 0 Å². The van der Waals surface area contributed by atoms with Crippen LogP contribution in [0.1, 0.15) is 12.5 Å². The first-order valence-electron chi connectivity index (χ1n) is 5.11. The molecule has 0 heterocycles. The Morgan fingerprint density at radius 3 is 2.69 bits per heavy atom. The summed E-state index contributed by atoms with van der Waals surface area (Å²) < 4.78 is 0. The molecule has 1 aromatic rings. The average molecular weight is 224 g/mol. The average Bonchev–Trinajstić information content (AvgIpc) is 2.24. The number of nitrogens with one attached hydrogen (secondary N) is 2. The zero-order chi connectivity index (χ0) is 12.0. The fourth-order valence-corrected chi connectivity index (χ4v) is 1.26. The minimum Gasteiger partial charge on any atom is -0.504 e. The fraction of sp³-hybridized carbons (Fsp3) is 0.364. The van der Waals surface area contributed by atoms with E-state index in [1.807, 2.05) is 6.92 Å². The van der Waals surface area contributed by atoms with E-state index >= 15 is 0 Å². The molecule has 1 amide bonds. The van der Waals surface area contributed by atoms with Gasteiger partial charge >= 0.3 is 0 Å². The number of hydrogen-bond acceptors (Lipinski definition) is 4. The zero-order valence-corrected chi connectivity index (χ0v) is 9.16. The summed E-state index contributed by atoms with van der Waals surface area (Å²) in [6, 6.07) is 4.55. The van der Waals surface area contributed by atoms with E-state index in [2.05, 4.69) is 10.6 Å². The van der Waals surface area contributed by atoms with E-state index in [1.165, 1.54) is 12.1 Å². The van der Waals surface area contributed by atoms with Gasteiger partial charge in [-0.15, -0.1) is 0 Å². The van der Waals surface area contributed by atoms with E-state index in [9.17, 15) is 9.90 Å². The molecule has 0 aliphatic heterocycles. The molecule has 5 heteroatoms. The molecule has 0 spiro atoms. The summed E-state index contributed by atoms with van der Waals surface area (Å²) in [6.07, 6.45) is 0. The summed E-state index contributed by atoms with van der Waals surface area (Å²) in [5.41, 5.74) is 0.805. The van der Waals surface area contributed by atoms with Gasteiger partial charge < -0.3 is 20.8 Å². The second-order valence-corrected chi connectivity index (χ2v) is 3.38. The molecule has 0 radical (unpaired) electrons. The number of carbonyl (C=O) groups is 1. The topological polar surface area (TPSA) is 81.6 Å². The van der Waals surface area contributed by atoms with Crippen LogP contribution in [0.3, 0.4) is 0 Å². The molecule has 0 bridgehead atoms. The molecule has 0 atom stereocenters. The smallest absolute Gasteiger partial charge is 0.233 e. The second kappa shape index (κ2) is 5.97. The van der Waals surface area contributed by atoms with Crippen molar-refractivity contribution in [1.29, 1.82) is 0 Å². The van der Waals surface area contributed by atoms with Crippen molar-refractivity contribution < 1.29 is 15.0 Å². The third-order valence-electron chi connectivity index (χ3n) is 2.03. The highest BCUT2D eigenvalue weighted by molar-refractivity contribution is 5.77. The number of rotatable bonds is 5. The Kier molecular flexibility index (Phi) is 4.60. The van der Waals surface area contributed by atoms with Crippen LogP contribution in [0.25, 0.3) is 0 Å². The first-order valence-corrected chi connectivity index (χ1v) is 5.11. The molecular weight excluding hydrogens is 208 g/mol. The van der Waals surface area contributed by atoms with E-state index < -0.39 is 0 Å². The normalized spacial score (nSPS) is 10.1. The number of likely N-dealkylation sites (N-methyl/N-ethyl adjacent to an activating group) is 1. The molecule has 0 saturated carbocycles. The summed E-state index contributed by atoms with van der Waals surface area (Å²) in [6.45, 7) is 3.16. The molecule has 0 aliphatic rings. The van der Waals surface area contributed by atoms with Crippen molar-refractivity contribution in [2.75, 3.05) is 13.1 Å². The van der Waals surface area contributed by atoms with Gasteiger partial charge in [0.1, 0.15) is 0 Å². The number of amides is 1. The fourth-order valence-electron chi connectivity index (χ4n) is 1.26. The molecule has 4 N–H and O–H groups in total. The third-order valence-corrected chi connectivity index (χ3v) is 2.03. The highest BCUT2D eigenvalue weighted by Crippen LogP contribution is 2.24. The molecule has 0 unspecified atom stereocenters. The van der Waals surface area contributed by atoms with Crippen LogP contribution in [0, 0.1) is 0 Å². The van der Waals surface area contributed by atoms with E-state index in [1.54, 1.807) is 6.07 Å². The second-order valence-electron chi connectivity index (χ2n) is 3.38. The standard InChI is InChI=1S/C11H16N2O3/c1-2-13-11(16)7-12-6-8-3-4-9(14)10(15)5-8/h3-5,12,14-15H,2,6-7H2,1H3,(H,13,16). The number of carbonyl (C=O) groups excluding carboxylic acids is 1. The van der Waals surface area contributed by atoms with Gasteiger partial charge in [0, 0.05) is 13.1 Å². The van der Waals surface area contributed by atoms with E-state index in [4.69, 9.17) is 5.11 Å². The summed E-state index contributed by atoms with van der Waals surface area (Å²) in [4.78, 5) is 11.1. The van der Waals surface area contributed by atoms with Crippen molar-refractivity contribution in [3.63, 3.8) is 0 Å². The van der Waals surface area contributed by atoms with Crippen LogP contribution in [0.15, 0.2) is 18.2 Å². The lowest BCUT2D eigenvalue weighted by molar-refractivity contribution is -0.120. The van der Waals surface area contributed by atoms with Gasteiger partial charge in [-0.2, -0.15) is 0 Å². The predicted molar refractivity (Wildman–Crippen MR) is 60.2 cm³/mol. The molecule has 16 heavy (non-hydrogen) atoms. The van der Waals surface area contributed by atoms with Gasteiger partial charge in [0.15, 0.2) is 11.5 Å². The Labute approximate surface area is 94.1 Å². The van der Waals surface area contributed by atoms with E-state index in [0.717, 1.165) is 5.56 Å². The lowest BCUT2D eigenvalue weighted by atomic mass is 10.2. The van der Waals surface area contributed by atoms with Crippen molar-refractivity contribution in [3.05, 3.63) is 23.8 Å². The van der Waals surface area contributed by atoms with Crippen LogP contribution in [-0.2, 0) is 11.3 Å². The highest BCUT2D eigenvalue weighted by Gasteiger charge is 2.02. The van der Waals surface area contributed by atoms with Gasteiger partial charge in [-0.1, -0.05) is 6.07 Å². The van der Waals surface area contributed by atoms with Crippen LogP contribution in [0.4, 0.5) is 0 Å². The number of benzene rings is 1. The molecular formula is C11H16N2O3. The summed E-state index contributed by atoms with van der Waals surface area (Å²) in [7, 11) is 0. The van der Waals surface area contributed by atoms with Crippen molar-refractivity contribution >= 4 is 5.91 Å². The first kappa shape index (κ1) is 12.3. The van der Waals surface area contributed by atoms with Crippen molar-refractivity contribution in [2.24, 2.45) is 0 Å². The van der Waals surface area contributed by atoms with Crippen LogP contribution >= 0.6 is 0 Å². The van der Waals surface area contributed by atoms with Gasteiger partial charge in [-0.05, 0) is 24.6 Å². The van der Waals surface area contributed by atoms with Crippen molar-refractivity contribution in [3.8, 4) is 11.5 Å². The van der Waals surface area contributed by atoms with E-state index in [0.29, 0.717) is 13.1 Å². The molecule has 0 fully saturated rings. The molecule has 0 aliphatic carbocycles.